The van der Waals surface area contributed by atoms with E-state index in [-0.39, 0.29) is 30.2 Å². The topological polar surface area (TPSA) is 108 Å². The number of hydrogen-bond donors (Lipinski definition) is 2. The minimum absolute atomic E-state index is 0.205. The van der Waals surface area contributed by atoms with Crippen LogP contribution in [0, 0.1) is 0 Å². The van der Waals surface area contributed by atoms with Crippen molar-refractivity contribution in [2.24, 2.45) is 0 Å². The number of ether oxygens (including phenoxy) is 2. The molecule has 0 saturated heterocycles. The van der Waals surface area contributed by atoms with Crippen molar-refractivity contribution in [3.63, 3.8) is 0 Å². The summed E-state index contributed by atoms with van der Waals surface area (Å²) in [5, 5.41) is 5.80. The molecular formula is C20H22N2O5S2. The maximum atomic E-state index is 12.7. The number of carbonyl (C=O) groups excluding carboxylic acids is 3. The van der Waals surface area contributed by atoms with Crippen LogP contribution in [-0.4, -0.2) is 30.9 Å². The Hall–Kier alpha value is -2.65. The molecule has 0 aromatic carbocycles. The maximum Gasteiger partial charge on any atom is 0.336 e. The number of carbonyl (C=O) groups is 3. The van der Waals surface area contributed by atoms with Gasteiger partial charge >= 0.3 is 11.9 Å². The van der Waals surface area contributed by atoms with E-state index in [0.717, 1.165) is 4.88 Å². The summed E-state index contributed by atoms with van der Waals surface area (Å²) in [4.78, 5) is 38.3. The van der Waals surface area contributed by atoms with Crippen LogP contribution in [0.1, 0.15) is 53.2 Å². The van der Waals surface area contributed by atoms with Crippen LogP contribution in [0.4, 0.5) is 10.7 Å². The van der Waals surface area contributed by atoms with Gasteiger partial charge in [-0.25, -0.2) is 4.79 Å². The molecular weight excluding hydrogens is 412 g/mol. The highest BCUT2D eigenvalue weighted by atomic mass is 32.1. The second kappa shape index (κ2) is 8.79. The normalized spacial score (nSPS) is 15.5. The van der Waals surface area contributed by atoms with Crippen LogP contribution in [0.25, 0.3) is 0 Å². The van der Waals surface area contributed by atoms with Crippen LogP contribution in [-0.2, 0) is 19.1 Å². The first kappa shape index (κ1) is 21.1. The van der Waals surface area contributed by atoms with Crippen molar-refractivity contribution in [3.8, 4) is 0 Å². The average molecular weight is 435 g/mol. The number of anilines is 2. The van der Waals surface area contributed by atoms with E-state index in [1.165, 1.54) is 22.7 Å². The molecule has 0 bridgehead atoms. The van der Waals surface area contributed by atoms with Gasteiger partial charge < -0.3 is 20.5 Å². The lowest BCUT2D eigenvalue weighted by atomic mass is 9.86. The van der Waals surface area contributed by atoms with Crippen LogP contribution in [0.15, 0.2) is 28.8 Å². The number of thiophene rings is 2. The monoisotopic (exact) mass is 434 g/mol. The van der Waals surface area contributed by atoms with E-state index in [0.29, 0.717) is 21.8 Å². The van der Waals surface area contributed by atoms with E-state index in [1.54, 1.807) is 20.8 Å². The number of nitrogens with two attached hydrogens (primary N) is 1. The molecule has 3 heterocycles. The van der Waals surface area contributed by atoms with Gasteiger partial charge in [0.1, 0.15) is 6.42 Å². The van der Waals surface area contributed by atoms with Gasteiger partial charge in [-0.2, -0.15) is 0 Å². The Balaban J connectivity index is 2.07. The largest absolute Gasteiger partial charge is 0.466 e. The van der Waals surface area contributed by atoms with Gasteiger partial charge in [0.2, 0.25) is 0 Å². The molecule has 3 N–H and O–H groups in total. The van der Waals surface area contributed by atoms with Crippen LogP contribution in [0.2, 0.25) is 0 Å². The third kappa shape index (κ3) is 4.06. The second-order valence-corrected chi connectivity index (χ2v) is 8.33. The summed E-state index contributed by atoms with van der Waals surface area (Å²) < 4.78 is 10.1. The Morgan fingerprint density at radius 3 is 2.55 bits per heavy atom. The molecule has 1 unspecified atom stereocenters. The van der Waals surface area contributed by atoms with E-state index in [2.05, 4.69) is 5.32 Å². The molecule has 154 valence electrons. The lowest BCUT2D eigenvalue weighted by molar-refractivity contribution is -0.142. The number of nitrogen functional groups attached to an aromatic ring is 1. The Morgan fingerprint density at radius 1 is 1.21 bits per heavy atom. The first-order chi connectivity index (χ1) is 13.9. The quantitative estimate of drug-likeness (QED) is 0.386. The van der Waals surface area contributed by atoms with E-state index >= 15 is 0 Å². The van der Waals surface area contributed by atoms with Crippen molar-refractivity contribution in [2.45, 2.75) is 33.1 Å². The van der Waals surface area contributed by atoms with Crippen molar-refractivity contribution >= 4 is 51.1 Å². The fraction of sp³-hybridized carbons (Fsp3) is 0.350. The molecule has 0 amide bonds. The van der Waals surface area contributed by atoms with E-state index < -0.39 is 23.6 Å². The van der Waals surface area contributed by atoms with Crippen LogP contribution in [0.3, 0.4) is 0 Å². The highest BCUT2D eigenvalue weighted by Crippen LogP contribution is 2.51. The molecule has 3 rings (SSSR count). The van der Waals surface area contributed by atoms with E-state index in [4.69, 9.17) is 15.2 Å². The van der Waals surface area contributed by atoms with Gasteiger partial charge in [0.15, 0.2) is 5.78 Å². The first-order valence-electron chi connectivity index (χ1n) is 9.18. The summed E-state index contributed by atoms with van der Waals surface area (Å²) in [6, 6.07) is 3.82. The number of fused-ring (bicyclic) bond motifs is 1. The Bertz CT molecular complexity index is 975. The minimum Gasteiger partial charge on any atom is -0.466 e. The Labute approximate surface area is 176 Å². The molecule has 2 aromatic rings. The van der Waals surface area contributed by atoms with Crippen molar-refractivity contribution < 1.29 is 23.9 Å². The second-order valence-electron chi connectivity index (χ2n) is 6.33. The number of rotatable bonds is 7. The minimum atomic E-state index is -0.590. The molecule has 0 fully saturated rings. The van der Waals surface area contributed by atoms with Crippen molar-refractivity contribution in [1.29, 1.82) is 0 Å². The van der Waals surface area contributed by atoms with Gasteiger partial charge in [-0.05, 0) is 32.2 Å². The van der Waals surface area contributed by atoms with Gasteiger partial charge in [0.05, 0.1) is 40.3 Å². The molecule has 0 spiro atoms. The lowest BCUT2D eigenvalue weighted by Crippen LogP contribution is -2.23. The molecule has 0 aliphatic carbocycles. The number of ketones is 1. The molecule has 29 heavy (non-hydrogen) atoms. The standard InChI is InChI=1S/C20H22N2O5S2/c1-4-26-13(24)9-11(23)18-17(21)16-15(12-7-6-8-28-12)14(20(25)27-5-2)10(3)22-19(16)29-18/h6-8,15,22H,4-5,9,21H2,1-3H3. The van der Waals surface area contributed by atoms with Crippen LogP contribution >= 0.6 is 22.7 Å². The Kier molecular flexibility index (Phi) is 6.39. The maximum absolute atomic E-state index is 12.7. The summed E-state index contributed by atoms with van der Waals surface area (Å²) in [5.74, 6) is -1.85. The Morgan fingerprint density at radius 2 is 1.93 bits per heavy atom. The molecule has 1 aliphatic heterocycles. The zero-order chi connectivity index (χ0) is 21.1. The summed E-state index contributed by atoms with van der Waals surface area (Å²) in [7, 11) is 0. The van der Waals surface area contributed by atoms with Gasteiger partial charge in [0.25, 0.3) is 0 Å². The van der Waals surface area contributed by atoms with Crippen molar-refractivity contribution in [2.75, 3.05) is 24.3 Å². The third-order valence-electron chi connectivity index (χ3n) is 4.45. The number of esters is 2. The van der Waals surface area contributed by atoms with Gasteiger partial charge in [-0.15, -0.1) is 22.7 Å². The molecule has 1 atom stereocenters. The fourth-order valence-corrected chi connectivity index (χ4v) is 5.28. The number of nitrogens with one attached hydrogen (secondary N) is 1. The smallest absolute Gasteiger partial charge is 0.336 e. The van der Waals surface area contributed by atoms with Gasteiger partial charge in [-0.1, -0.05) is 6.07 Å². The predicted molar refractivity (Wildman–Crippen MR) is 113 cm³/mol. The predicted octanol–water partition coefficient (Wildman–Crippen LogP) is 3.92. The number of hydrogen-bond acceptors (Lipinski definition) is 9. The van der Waals surface area contributed by atoms with E-state index in [9.17, 15) is 14.4 Å². The average Bonchev–Trinajstić information content (AvgIpc) is 3.29. The van der Waals surface area contributed by atoms with Gasteiger partial charge in [0, 0.05) is 16.1 Å². The molecule has 1 aliphatic rings. The van der Waals surface area contributed by atoms with Crippen molar-refractivity contribution in [3.05, 3.63) is 44.1 Å². The summed E-state index contributed by atoms with van der Waals surface area (Å²) in [6.07, 6.45) is -0.377. The lowest BCUT2D eigenvalue weighted by Gasteiger charge is -2.27. The number of Topliss-reactive ketones (excluding diaryl/α,β-unsaturated/α-hetero) is 1. The molecule has 7 nitrogen and oxygen atoms in total. The summed E-state index contributed by atoms with van der Waals surface area (Å²) in [5.41, 5.74) is 8.44. The van der Waals surface area contributed by atoms with Crippen LogP contribution < -0.4 is 11.1 Å². The van der Waals surface area contributed by atoms with Gasteiger partial charge in [-0.3, -0.25) is 9.59 Å². The van der Waals surface area contributed by atoms with Crippen LogP contribution in [0.5, 0.6) is 0 Å². The van der Waals surface area contributed by atoms with E-state index in [1.807, 2.05) is 17.5 Å². The third-order valence-corrected chi connectivity index (χ3v) is 6.57. The van der Waals surface area contributed by atoms with Crippen molar-refractivity contribution in [1.82, 2.24) is 0 Å². The molecule has 0 radical (unpaired) electrons. The molecule has 9 heteroatoms. The summed E-state index contributed by atoms with van der Waals surface area (Å²) >= 11 is 2.69. The summed E-state index contributed by atoms with van der Waals surface area (Å²) in [6.45, 7) is 5.69. The first-order valence-corrected chi connectivity index (χ1v) is 10.9. The number of allylic oxidation sites excluding steroid dienone is 1. The SMILES string of the molecule is CCOC(=O)CC(=O)c1sc2c(c1N)C(c1cccs1)C(C(=O)OCC)=C(C)N2. The highest BCUT2D eigenvalue weighted by molar-refractivity contribution is 7.19. The molecule has 0 saturated carbocycles. The highest BCUT2D eigenvalue weighted by Gasteiger charge is 2.38. The zero-order valence-electron chi connectivity index (χ0n) is 16.4. The fourth-order valence-electron chi connectivity index (χ4n) is 3.28. The molecule has 2 aromatic heterocycles. The zero-order valence-corrected chi connectivity index (χ0v) is 18.0.